The van der Waals surface area contributed by atoms with Crippen LogP contribution in [0.1, 0.15) is 0 Å². The Morgan fingerprint density at radius 3 is 2.50 bits per heavy atom. The van der Waals surface area contributed by atoms with Crippen LogP contribution in [0.5, 0.6) is 0 Å². The predicted molar refractivity (Wildman–Crippen MR) is 50.2 cm³/mol. The standard InChI is InChI=1S/C7H10FN3O2S/c1-14(12,13)3-2-9-7-10-4-6(8)5-11-7/h4-5H,2-3H2,1H3,(H,9,10,11). The third kappa shape index (κ3) is 4.13. The van der Waals surface area contributed by atoms with Gasteiger partial charge >= 0.3 is 0 Å². The monoisotopic (exact) mass is 219 g/mol. The lowest BCUT2D eigenvalue weighted by Gasteiger charge is -2.02. The predicted octanol–water partition coefficient (Wildman–Crippen LogP) is 0.0722. The van der Waals surface area contributed by atoms with Gasteiger partial charge in [-0.3, -0.25) is 0 Å². The van der Waals surface area contributed by atoms with Gasteiger partial charge in [0.2, 0.25) is 5.95 Å². The number of rotatable bonds is 4. The fourth-order valence-electron chi connectivity index (χ4n) is 0.752. The minimum atomic E-state index is -2.99. The number of nitrogens with one attached hydrogen (secondary N) is 1. The van der Waals surface area contributed by atoms with Crippen molar-refractivity contribution >= 4 is 15.8 Å². The van der Waals surface area contributed by atoms with E-state index in [4.69, 9.17) is 0 Å². The molecule has 0 amide bonds. The van der Waals surface area contributed by atoms with Crippen molar-refractivity contribution in [3.8, 4) is 0 Å². The normalized spacial score (nSPS) is 11.3. The Hall–Kier alpha value is -1.24. The van der Waals surface area contributed by atoms with Crippen LogP contribution in [-0.2, 0) is 9.84 Å². The molecule has 0 aliphatic rings. The summed E-state index contributed by atoms with van der Waals surface area (Å²) < 4.78 is 33.8. The van der Waals surface area contributed by atoms with E-state index in [0.29, 0.717) is 0 Å². The lowest BCUT2D eigenvalue weighted by Crippen LogP contribution is -2.15. The molecule has 0 aliphatic carbocycles. The van der Waals surface area contributed by atoms with Gasteiger partial charge in [-0.2, -0.15) is 0 Å². The summed E-state index contributed by atoms with van der Waals surface area (Å²) in [4.78, 5) is 7.21. The minimum absolute atomic E-state index is 0.00621. The average Bonchev–Trinajstić information content (AvgIpc) is 2.06. The fraction of sp³-hybridized carbons (Fsp3) is 0.429. The molecule has 0 saturated carbocycles. The Labute approximate surface area is 81.3 Å². The average molecular weight is 219 g/mol. The molecular formula is C7H10FN3O2S. The van der Waals surface area contributed by atoms with Crippen LogP contribution < -0.4 is 5.32 Å². The van der Waals surface area contributed by atoms with Crippen LogP contribution >= 0.6 is 0 Å². The summed E-state index contributed by atoms with van der Waals surface area (Å²) in [6.45, 7) is 0.213. The highest BCUT2D eigenvalue weighted by Gasteiger charge is 2.02. The van der Waals surface area contributed by atoms with Crippen LogP contribution in [-0.4, -0.2) is 36.9 Å². The van der Waals surface area contributed by atoms with E-state index in [9.17, 15) is 12.8 Å². The summed E-state index contributed by atoms with van der Waals surface area (Å²) in [5, 5.41) is 2.66. The van der Waals surface area contributed by atoms with Gasteiger partial charge in [0.05, 0.1) is 18.1 Å². The van der Waals surface area contributed by atoms with Crippen LogP contribution in [0, 0.1) is 5.82 Å². The van der Waals surface area contributed by atoms with Gasteiger partial charge in [-0.1, -0.05) is 0 Å². The van der Waals surface area contributed by atoms with E-state index in [2.05, 4.69) is 15.3 Å². The number of sulfone groups is 1. The van der Waals surface area contributed by atoms with Crippen molar-refractivity contribution in [2.45, 2.75) is 0 Å². The summed E-state index contributed by atoms with van der Waals surface area (Å²) in [6, 6.07) is 0. The van der Waals surface area contributed by atoms with Crippen molar-refractivity contribution < 1.29 is 12.8 Å². The summed E-state index contributed by atoms with van der Waals surface area (Å²) in [7, 11) is -2.99. The Bertz CT molecular complexity index is 390. The maximum absolute atomic E-state index is 12.3. The minimum Gasteiger partial charge on any atom is -0.353 e. The van der Waals surface area contributed by atoms with E-state index in [0.717, 1.165) is 18.6 Å². The van der Waals surface area contributed by atoms with Gasteiger partial charge in [0, 0.05) is 12.8 Å². The molecule has 0 atom stereocenters. The first-order valence-electron chi connectivity index (χ1n) is 3.86. The number of hydrogen-bond acceptors (Lipinski definition) is 5. The lowest BCUT2D eigenvalue weighted by atomic mass is 10.6. The van der Waals surface area contributed by atoms with Crippen molar-refractivity contribution in [3.05, 3.63) is 18.2 Å². The number of hydrogen-bond donors (Lipinski definition) is 1. The van der Waals surface area contributed by atoms with Crippen molar-refractivity contribution in [1.29, 1.82) is 0 Å². The first kappa shape index (κ1) is 10.8. The molecule has 1 N–H and O–H groups in total. The van der Waals surface area contributed by atoms with E-state index in [-0.39, 0.29) is 18.2 Å². The number of aromatic nitrogens is 2. The van der Waals surface area contributed by atoms with Crippen molar-refractivity contribution in [1.82, 2.24) is 9.97 Å². The van der Waals surface area contributed by atoms with E-state index in [1.54, 1.807) is 0 Å². The molecule has 0 radical (unpaired) electrons. The second kappa shape index (κ2) is 4.32. The van der Waals surface area contributed by atoms with Gasteiger partial charge in [0.15, 0.2) is 5.82 Å². The topological polar surface area (TPSA) is 72.0 Å². The highest BCUT2D eigenvalue weighted by Crippen LogP contribution is 1.97. The second-order valence-corrected chi connectivity index (χ2v) is 5.04. The third-order valence-electron chi connectivity index (χ3n) is 1.38. The summed E-state index contributed by atoms with van der Waals surface area (Å²) in [6.07, 6.45) is 3.16. The van der Waals surface area contributed by atoms with E-state index in [1.165, 1.54) is 0 Å². The summed E-state index contributed by atoms with van der Waals surface area (Å²) >= 11 is 0. The highest BCUT2D eigenvalue weighted by atomic mass is 32.2. The van der Waals surface area contributed by atoms with Gasteiger partial charge in [0.25, 0.3) is 0 Å². The molecule has 1 rings (SSSR count). The van der Waals surface area contributed by atoms with Gasteiger partial charge < -0.3 is 5.32 Å². The third-order valence-corrected chi connectivity index (χ3v) is 2.32. The van der Waals surface area contributed by atoms with Crippen LogP contribution in [0.25, 0.3) is 0 Å². The van der Waals surface area contributed by atoms with Crippen LogP contribution in [0.3, 0.4) is 0 Å². The van der Waals surface area contributed by atoms with E-state index < -0.39 is 15.7 Å². The van der Waals surface area contributed by atoms with Crippen LogP contribution in [0.4, 0.5) is 10.3 Å². The summed E-state index contributed by atoms with van der Waals surface area (Å²) in [5.74, 6) is -0.318. The van der Waals surface area contributed by atoms with Gasteiger partial charge in [-0.05, 0) is 0 Å². The number of halogens is 1. The summed E-state index contributed by atoms with van der Waals surface area (Å²) in [5.41, 5.74) is 0. The fourth-order valence-corrected chi connectivity index (χ4v) is 1.22. The Kier molecular flexibility index (Phi) is 3.34. The molecule has 1 aromatic heterocycles. The Morgan fingerprint density at radius 1 is 1.43 bits per heavy atom. The maximum Gasteiger partial charge on any atom is 0.222 e. The zero-order chi connectivity index (χ0) is 10.6. The largest absolute Gasteiger partial charge is 0.353 e. The smallest absolute Gasteiger partial charge is 0.222 e. The molecule has 0 aliphatic heterocycles. The molecule has 0 spiro atoms. The molecule has 0 bridgehead atoms. The quantitative estimate of drug-likeness (QED) is 0.776. The Balaban J connectivity index is 2.43. The molecule has 0 saturated heterocycles. The highest BCUT2D eigenvalue weighted by molar-refractivity contribution is 7.90. The zero-order valence-electron chi connectivity index (χ0n) is 7.57. The van der Waals surface area contributed by atoms with Gasteiger partial charge in [0.1, 0.15) is 9.84 Å². The molecular weight excluding hydrogens is 209 g/mol. The van der Waals surface area contributed by atoms with Crippen LogP contribution in [0.15, 0.2) is 12.4 Å². The molecule has 1 aromatic rings. The SMILES string of the molecule is CS(=O)(=O)CCNc1ncc(F)cn1. The molecule has 0 unspecified atom stereocenters. The molecule has 1 heterocycles. The van der Waals surface area contributed by atoms with E-state index >= 15 is 0 Å². The maximum atomic E-state index is 12.3. The molecule has 78 valence electrons. The number of anilines is 1. The molecule has 14 heavy (non-hydrogen) atoms. The van der Waals surface area contributed by atoms with Crippen LogP contribution in [0.2, 0.25) is 0 Å². The van der Waals surface area contributed by atoms with E-state index in [1.807, 2.05) is 0 Å². The molecule has 0 aromatic carbocycles. The second-order valence-electron chi connectivity index (χ2n) is 2.78. The van der Waals surface area contributed by atoms with Crippen molar-refractivity contribution in [2.24, 2.45) is 0 Å². The number of nitrogens with zero attached hydrogens (tertiary/aromatic N) is 2. The van der Waals surface area contributed by atoms with Crippen molar-refractivity contribution in [3.63, 3.8) is 0 Å². The first-order chi connectivity index (χ1) is 6.47. The molecule has 5 nitrogen and oxygen atoms in total. The van der Waals surface area contributed by atoms with Crippen molar-refractivity contribution in [2.75, 3.05) is 23.9 Å². The molecule has 7 heteroatoms. The lowest BCUT2D eigenvalue weighted by molar-refractivity contribution is 0.601. The van der Waals surface area contributed by atoms with Gasteiger partial charge in [-0.15, -0.1) is 0 Å². The first-order valence-corrected chi connectivity index (χ1v) is 5.92. The molecule has 0 fully saturated rings. The zero-order valence-corrected chi connectivity index (χ0v) is 8.38. The Morgan fingerprint density at radius 2 is 2.00 bits per heavy atom. The van der Waals surface area contributed by atoms with Gasteiger partial charge in [-0.25, -0.2) is 22.8 Å².